The van der Waals surface area contributed by atoms with Crippen LogP contribution >= 0.6 is 0 Å². The first kappa shape index (κ1) is 15.4. The highest BCUT2D eigenvalue weighted by Gasteiger charge is 2.21. The van der Waals surface area contributed by atoms with Crippen LogP contribution in [0.3, 0.4) is 0 Å². The number of hydrogen-bond donors (Lipinski definition) is 0. The maximum absolute atomic E-state index is 12.4. The van der Waals surface area contributed by atoms with Crippen LogP contribution in [0.15, 0.2) is 36.7 Å². The molecule has 23 heavy (non-hydrogen) atoms. The number of benzene rings is 1. The van der Waals surface area contributed by atoms with Gasteiger partial charge >= 0.3 is 0 Å². The molecule has 0 unspecified atom stereocenters. The van der Waals surface area contributed by atoms with Crippen molar-refractivity contribution in [2.24, 2.45) is 0 Å². The van der Waals surface area contributed by atoms with Gasteiger partial charge in [0, 0.05) is 31.7 Å². The molecular formula is C17H20N4O2. The summed E-state index contributed by atoms with van der Waals surface area (Å²) in [6, 6.07) is 7.59. The molecule has 0 saturated carbocycles. The lowest BCUT2D eigenvalue weighted by Crippen LogP contribution is -2.47. The molecule has 1 aliphatic rings. The third-order valence-electron chi connectivity index (χ3n) is 4.05. The van der Waals surface area contributed by atoms with Crippen molar-refractivity contribution in [3.8, 4) is 17.0 Å². The van der Waals surface area contributed by atoms with E-state index in [1.54, 1.807) is 19.5 Å². The Kier molecular flexibility index (Phi) is 4.52. The number of rotatable bonds is 3. The molecule has 0 spiro atoms. The van der Waals surface area contributed by atoms with Crippen LogP contribution < -0.4 is 4.74 Å². The van der Waals surface area contributed by atoms with Gasteiger partial charge in [0.15, 0.2) is 0 Å². The molecular weight excluding hydrogens is 292 g/mol. The smallest absolute Gasteiger partial charge is 0.274 e. The van der Waals surface area contributed by atoms with Gasteiger partial charge in [-0.25, -0.2) is 4.98 Å². The van der Waals surface area contributed by atoms with Gasteiger partial charge in [-0.05, 0) is 31.3 Å². The topological polar surface area (TPSA) is 58.6 Å². The lowest BCUT2D eigenvalue weighted by molar-refractivity contribution is 0.0658. The second-order valence-electron chi connectivity index (χ2n) is 5.61. The third kappa shape index (κ3) is 3.48. The van der Waals surface area contributed by atoms with E-state index in [1.807, 2.05) is 29.2 Å². The highest BCUT2D eigenvalue weighted by Crippen LogP contribution is 2.20. The van der Waals surface area contributed by atoms with Gasteiger partial charge in [-0.2, -0.15) is 0 Å². The Morgan fingerprint density at radius 2 is 1.74 bits per heavy atom. The van der Waals surface area contributed by atoms with Crippen molar-refractivity contribution in [2.75, 3.05) is 40.3 Å². The fourth-order valence-corrected chi connectivity index (χ4v) is 2.52. The SMILES string of the molecule is COc1ccc(-c2cnc(C(=O)N3CCN(C)CC3)cn2)cc1. The monoisotopic (exact) mass is 312 g/mol. The minimum Gasteiger partial charge on any atom is -0.497 e. The number of ether oxygens (including phenoxy) is 1. The number of amides is 1. The van der Waals surface area contributed by atoms with E-state index in [0.717, 1.165) is 43.2 Å². The molecule has 1 aliphatic heterocycles. The highest BCUT2D eigenvalue weighted by atomic mass is 16.5. The molecule has 6 heteroatoms. The Labute approximate surface area is 135 Å². The summed E-state index contributed by atoms with van der Waals surface area (Å²) < 4.78 is 5.14. The zero-order chi connectivity index (χ0) is 16.2. The molecule has 0 bridgehead atoms. The Bertz CT molecular complexity index is 662. The number of likely N-dealkylation sites (N-methyl/N-ethyl adjacent to an activating group) is 1. The predicted molar refractivity (Wildman–Crippen MR) is 87.4 cm³/mol. The van der Waals surface area contributed by atoms with Crippen LogP contribution in [0.5, 0.6) is 5.75 Å². The fourth-order valence-electron chi connectivity index (χ4n) is 2.52. The number of carbonyl (C=O) groups is 1. The molecule has 0 aliphatic carbocycles. The van der Waals surface area contributed by atoms with Crippen LogP contribution in [0, 0.1) is 0 Å². The Balaban J connectivity index is 1.72. The number of hydrogen-bond acceptors (Lipinski definition) is 5. The normalized spacial score (nSPS) is 15.5. The van der Waals surface area contributed by atoms with E-state index in [0.29, 0.717) is 5.69 Å². The number of piperazine rings is 1. The predicted octanol–water partition coefficient (Wildman–Crippen LogP) is 1.54. The fraction of sp³-hybridized carbons (Fsp3) is 0.353. The molecule has 6 nitrogen and oxygen atoms in total. The van der Waals surface area contributed by atoms with Crippen molar-refractivity contribution in [3.63, 3.8) is 0 Å². The van der Waals surface area contributed by atoms with Crippen molar-refractivity contribution in [2.45, 2.75) is 0 Å². The van der Waals surface area contributed by atoms with E-state index in [9.17, 15) is 4.79 Å². The molecule has 120 valence electrons. The number of aromatic nitrogens is 2. The van der Waals surface area contributed by atoms with Crippen molar-refractivity contribution in [3.05, 3.63) is 42.4 Å². The Hall–Kier alpha value is -2.47. The van der Waals surface area contributed by atoms with E-state index in [1.165, 1.54) is 0 Å². The van der Waals surface area contributed by atoms with Crippen LogP contribution in [0.25, 0.3) is 11.3 Å². The minimum absolute atomic E-state index is 0.0492. The van der Waals surface area contributed by atoms with Crippen LogP contribution in [0.2, 0.25) is 0 Å². The van der Waals surface area contributed by atoms with E-state index >= 15 is 0 Å². The van der Waals surface area contributed by atoms with Crippen molar-refractivity contribution in [1.29, 1.82) is 0 Å². The molecule has 0 atom stereocenters. The minimum atomic E-state index is -0.0492. The molecule has 1 aromatic carbocycles. The average molecular weight is 312 g/mol. The summed E-state index contributed by atoms with van der Waals surface area (Å²) >= 11 is 0. The lowest BCUT2D eigenvalue weighted by atomic mass is 10.1. The van der Waals surface area contributed by atoms with Gasteiger partial charge in [-0.1, -0.05) is 0 Å². The zero-order valence-corrected chi connectivity index (χ0v) is 13.4. The Morgan fingerprint density at radius 1 is 1.04 bits per heavy atom. The van der Waals surface area contributed by atoms with E-state index in [4.69, 9.17) is 4.74 Å². The standard InChI is InChI=1S/C17H20N4O2/c1-20-7-9-21(10-8-20)17(22)16-12-18-15(11-19-16)13-3-5-14(23-2)6-4-13/h3-6,11-12H,7-10H2,1-2H3. The second kappa shape index (κ2) is 6.75. The second-order valence-corrected chi connectivity index (χ2v) is 5.61. The average Bonchev–Trinajstić information content (AvgIpc) is 2.62. The molecule has 0 N–H and O–H groups in total. The van der Waals surface area contributed by atoms with Gasteiger partial charge in [0.25, 0.3) is 5.91 Å². The summed E-state index contributed by atoms with van der Waals surface area (Å²) in [7, 11) is 3.69. The quantitative estimate of drug-likeness (QED) is 0.860. The molecule has 2 heterocycles. The Morgan fingerprint density at radius 3 is 2.30 bits per heavy atom. The summed E-state index contributed by atoms with van der Waals surface area (Å²) in [6.45, 7) is 3.25. The molecule has 1 fully saturated rings. The molecule has 0 radical (unpaired) electrons. The summed E-state index contributed by atoms with van der Waals surface area (Å²) in [5.41, 5.74) is 2.08. The molecule has 1 saturated heterocycles. The van der Waals surface area contributed by atoms with Crippen LogP contribution in [0.1, 0.15) is 10.5 Å². The number of methoxy groups -OCH3 is 1. The number of nitrogens with zero attached hydrogens (tertiary/aromatic N) is 4. The summed E-state index contributed by atoms with van der Waals surface area (Å²) in [5.74, 6) is 0.746. The van der Waals surface area contributed by atoms with Gasteiger partial charge < -0.3 is 14.5 Å². The van der Waals surface area contributed by atoms with Gasteiger partial charge in [0.2, 0.25) is 0 Å². The maximum Gasteiger partial charge on any atom is 0.274 e. The highest BCUT2D eigenvalue weighted by molar-refractivity contribution is 5.92. The molecule has 1 amide bonds. The van der Waals surface area contributed by atoms with E-state index in [2.05, 4.69) is 21.9 Å². The first-order valence-corrected chi connectivity index (χ1v) is 7.61. The largest absolute Gasteiger partial charge is 0.497 e. The van der Waals surface area contributed by atoms with E-state index in [-0.39, 0.29) is 5.91 Å². The van der Waals surface area contributed by atoms with Crippen LogP contribution in [-0.2, 0) is 0 Å². The van der Waals surface area contributed by atoms with Crippen molar-refractivity contribution < 1.29 is 9.53 Å². The first-order valence-electron chi connectivity index (χ1n) is 7.61. The van der Waals surface area contributed by atoms with Crippen LogP contribution in [0.4, 0.5) is 0 Å². The first-order chi connectivity index (χ1) is 11.2. The maximum atomic E-state index is 12.4. The molecule has 2 aromatic rings. The third-order valence-corrected chi connectivity index (χ3v) is 4.05. The van der Waals surface area contributed by atoms with Crippen LogP contribution in [-0.4, -0.2) is 66.0 Å². The van der Waals surface area contributed by atoms with Gasteiger partial charge in [-0.3, -0.25) is 9.78 Å². The zero-order valence-electron chi connectivity index (χ0n) is 13.4. The summed E-state index contributed by atoms with van der Waals surface area (Å²) in [5, 5.41) is 0. The lowest BCUT2D eigenvalue weighted by Gasteiger charge is -2.32. The summed E-state index contributed by atoms with van der Waals surface area (Å²) in [4.78, 5) is 25.1. The van der Waals surface area contributed by atoms with Gasteiger partial charge in [0.1, 0.15) is 11.4 Å². The van der Waals surface area contributed by atoms with Gasteiger partial charge in [0.05, 0.1) is 25.2 Å². The van der Waals surface area contributed by atoms with Crippen molar-refractivity contribution in [1.82, 2.24) is 19.8 Å². The molecule has 1 aromatic heterocycles. The summed E-state index contributed by atoms with van der Waals surface area (Å²) in [6.07, 6.45) is 3.20. The number of carbonyl (C=O) groups excluding carboxylic acids is 1. The van der Waals surface area contributed by atoms with E-state index < -0.39 is 0 Å². The molecule has 3 rings (SSSR count). The van der Waals surface area contributed by atoms with Crippen molar-refractivity contribution >= 4 is 5.91 Å². The van der Waals surface area contributed by atoms with Gasteiger partial charge in [-0.15, -0.1) is 0 Å².